The fourth-order valence-corrected chi connectivity index (χ4v) is 3.42. The molecule has 0 heterocycles. The van der Waals surface area contributed by atoms with Crippen molar-refractivity contribution in [3.05, 3.63) is 106 Å². The lowest BCUT2D eigenvalue weighted by Gasteiger charge is -2.17. The Hall–Kier alpha value is -3.25. The molecular weight excluding hydrogens is 442 g/mol. The number of rotatable bonds is 7. The maximum Gasteiger partial charge on any atom is 0.259 e. The molecule has 3 aromatic rings. The topological polar surface area (TPSA) is 70.6 Å². The Balaban J connectivity index is 1.64. The van der Waals surface area contributed by atoms with Crippen LogP contribution in [0.15, 0.2) is 94.5 Å². The van der Waals surface area contributed by atoms with E-state index in [1.807, 2.05) is 91.9 Å². The van der Waals surface area contributed by atoms with E-state index in [1.54, 1.807) is 0 Å². The first-order chi connectivity index (χ1) is 14.5. The number of halogens is 1. The molecule has 5 nitrogen and oxygen atoms in total. The van der Waals surface area contributed by atoms with Crippen LogP contribution in [0.3, 0.4) is 0 Å². The van der Waals surface area contributed by atoms with E-state index in [2.05, 4.69) is 31.8 Å². The normalized spacial score (nSPS) is 11.2. The van der Waals surface area contributed by atoms with Gasteiger partial charge in [0.15, 0.2) is 0 Å². The van der Waals surface area contributed by atoms with E-state index in [1.165, 1.54) is 0 Å². The number of carbonyl (C=O) groups excluding carboxylic acids is 2. The molecule has 152 valence electrons. The van der Waals surface area contributed by atoms with Crippen molar-refractivity contribution in [2.75, 3.05) is 6.54 Å². The van der Waals surface area contributed by atoms with Gasteiger partial charge in [0.05, 0.1) is 18.2 Å². The maximum atomic E-state index is 12.9. The highest BCUT2D eigenvalue weighted by Gasteiger charge is 2.22. The van der Waals surface area contributed by atoms with E-state index >= 15 is 0 Å². The fourth-order valence-electron chi connectivity index (χ4n) is 3.02. The first-order valence-electron chi connectivity index (χ1n) is 9.51. The van der Waals surface area contributed by atoms with Gasteiger partial charge in [-0.1, -0.05) is 88.7 Å². The van der Waals surface area contributed by atoms with Crippen LogP contribution in [0.25, 0.3) is 0 Å². The summed E-state index contributed by atoms with van der Waals surface area (Å²) in [4.78, 5) is 25.1. The van der Waals surface area contributed by atoms with Gasteiger partial charge in [0.1, 0.15) is 0 Å². The van der Waals surface area contributed by atoms with Crippen molar-refractivity contribution >= 4 is 33.5 Å². The molecule has 0 aromatic heterocycles. The van der Waals surface area contributed by atoms with Gasteiger partial charge in [0.25, 0.3) is 5.91 Å². The number of benzene rings is 3. The Labute approximate surface area is 184 Å². The SMILES string of the molecule is CC(=NNC(=O)CNC(=O)C(c1ccccc1)c1ccccc1)c1cccc(Br)c1. The molecule has 0 fully saturated rings. The minimum absolute atomic E-state index is 0.162. The van der Waals surface area contributed by atoms with Crippen LogP contribution in [0.1, 0.15) is 29.5 Å². The Morgan fingerprint density at radius 2 is 1.50 bits per heavy atom. The minimum atomic E-state index is -0.493. The van der Waals surface area contributed by atoms with E-state index in [-0.39, 0.29) is 12.5 Å². The van der Waals surface area contributed by atoms with Crippen molar-refractivity contribution in [3.8, 4) is 0 Å². The summed E-state index contributed by atoms with van der Waals surface area (Å²) in [5, 5.41) is 6.84. The summed E-state index contributed by atoms with van der Waals surface area (Å²) in [7, 11) is 0. The zero-order valence-corrected chi connectivity index (χ0v) is 18.1. The molecular formula is C24H22BrN3O2. The summed E-state index contributed by atoms with van der Waals surface area (Å²) in [5.74, 6) is -1.13. The van der Waals surface area contributed by atoms with Gasteiger partial charge in [-0.25, -0.2) is 5.43 Å². The summed E-state index contributed by atoms with van der Waals surface area (Å²) < 4.78 is 0.931. The van der Waals surface area contributed by atoms with E-state index in [4.69, 9.17) is 0 Å². The number of hydrogen-bond donors (Lipinski definition) is 2. The van der Waals surface area contributed by atoms with E-state index in [9.17, 15) is 9.59 Å². The van der Waals surface area contributed by atoms with E-state index in [0.29, 0.717) is 5.71 Å². The van der Waals surface area contributed by atoms with Crippen molar-refractivity contribution in [3.63, 3.8) is 0 Å². The molecule has 30 heavy (non-hydrogen) atoms. The standard InChI is InChI=1S/C24H22BrN3O2/c1-17(20-13-8-14-21(25)15-20)27-28-22(29)16-26-24(30)23(18-9-4-2-5-10-18)19-11-6-3-7-12-19/h2-15,23H,16H2,1H3,(H,26,30)(H,28,29). The van der Waals surface area contributed by atoms with Crippen molar-refractivity contribution in [1.29, 1.82) is 0 Å². The lowest BCUT2D eigenvalue weighted by Crippen LogP contribution is -2.38. The monoisotopic (exact) mass is 463 g/mol. The molecule has 0 unspecified atom stereocenters. The van der Waals surface area contributed by atoms with Crippen LogP contribution in [-0.4, -0.2) is 24.1 Å². The number of nitrogens with zero attached hydrogens (tertiary/aromatic N) is 1. The quantitative estimate of drug-likeness (QED) is 0.406. The molecule has 0 radical (unpaired) electrons. The number of carbonyl (C=O) groups is 2. The summed E-state index contributed by atoms with van der Waals surface area (Å²) in [6.45, 7) is 1.64. The van der Waals surface area contributed by atoms with Crippen LogP contribution in [0.4, 0.5) is 0 Å². The number of nitrogens with one attached hydrogen (secondary N) is 2. The van der Waals surface area contributed by atoms with Crippen LogP contribution in [0, 0.1) is 0 Å². The second kappa shape index (κ2) is 10.5. The molecule has 0 aliphatic rings. The van der Waals surface area contributed by atoms with Crippen LogP contribution in [0.5, 0.6) is 0 Å². The van der Waals surface area contributed by atoms with Gasteiger partial charge in [0.2, 0.25) is 5.91 Å². The molecule has 0 aliphatic carbocycles. The lowest BCUT2D eigenvalue weighted by atomic mass is 9.90. The fraction of sp³-hybridized carbons (Fsp3) is 0.125. The summed E-state index contributed by atoms with van der Waals surface area (Å²) in [6.07, 6.45) is 0. The second-order valence-corrected chi connectivity index (χ2v) is 7.63. The van der Waals surface area contributed by atoms with E-state index < -0.39 is 11.8 Å². The Morgan fingerprint density at radius 3 is 2.07 bits per heavy atom. The van der Waals surface area contributed by atoms with Crippen LogP contribution in [0.2, 0.25) is 0 Å². The highest BCUT2D eigenvalue weighted by molar-refractivity contribution is 9.10. The van der Waals surface area contributed by atoms with Gasteiger partial charge in [-0.3, -0.25) is 9.59 Å². The number of hydrogen-bond acceptors (Lipinski definition) is 3. The molecule has 6 heteroatoms. The van der Waals surface area contributed by atoms with E-state index in [0.717, 1.165) is 21.2 Å². The Bertz CT molecular complexity index is 997. The van der Waals surface area contributed by atoms with Crippen molar-refractivity contribution < 1.29 is 9.59 Å². The summed E-state index contributed by atoms with van der Waals surface area (Å²) in [5.41, 5.74) is 5.78. The number of hydrazone groups is 1. The molecule has 2 amide bonds. The van der Waals surface area contributed by atoms with Crippen LogP contribution >= 0.6 is 15.9 Å². The van der Waals surface area contributed by atoms with Crippen molar-refractivity contribution in [2.45, 2.75) is 12.8 Å². The maximum absolute atomic E-state index is 12.9. The molecule has 0 saturated heterocycles. The first-order valence-corrected chi connectivity index (χ1v) is 10.3. The highest BCUT2D eigenvalue weighted by Crippen LogP contribution is 2.24. The minimum Gasteiger partial charge on any atom is -0.346 e. The smallest absolute Gasteiger partial charge is 0.259 e. The summed E-state index contributed by atoms with van der Waals surface area (Å²) in [6, 6.07) is 26.6. The molecule has 0 aliphatic heterocycles. The third-order valence-electron chi connectivity index (χ3n) is 4.54. The van der Waals surface area contributed by atoms with Gasteiger partial charge >= 0.3 is 0 Å². The molecule has 3 rings (SSSR count). The predicted molar refractivity (Wildman–Crippen MR) is 122 cm³/mol. The lowest BCUT2D eigenvalue weighted by molar-refractivity contribution is -0.126. The third kappa shape index (κ3) is 5.87. The second-order valence-electron chi connectivity index (χ2n) is 6.71. The largest absolute Gasteiger partial charge is 0.346 e. The predicted octanol–water partition coefficient (Wildman–Crippen LogP) is 4.24. The number of amides is 2. The average molecular weight is 464 g/mol. The molecule has 0 atom stereocenters. The zero-order valence-electron chi connectivity index (χ0n) is 16.5. The van der Waals surface area contributed by atoms with Crippen molar-refractivity contribution in [1.82, 2.24) is 10.7 Å². The molecule has 2 N–H and O–H groups in total. The van der Waals surface area contributed by atoms with Gasteiger partial charge in [-0.05, 0) is 35.7 Å². The van der Waals surface area contributed by atoms with Crippen LogP contribution in [-0.2, 0) is 9.59 Å². The molecule has 0 saturated carbocycles. The molecule has 0 spiro atoms. The van der Waals surface area contributed by atoms with Gasteiger partial charge in [0, 0.05) is 4.47 Å². The first kappa shape index (κ1) is 21.5. The van der Waals surface area contributed by atoms with Gasteiger partial charge in [-0.15, -0.1) is 0 Å². The van der Waals surface area contributed by atoms with Crippen LogP contribution < -0.4 is 10.7 Å². The van der Waals surface area contributed by atoms with Gasteiger partial charge in [-0.2, -0.15) is 5.10 Å². The highest BCUT2D eigenvalue weighted by atomic mass is 79.9. The summed E-state index contributed by atoms with van der Waals surface area (Å²) >= 11 is 3.41. The third-order valence-corrected chi connectivity index (χ3v) is 5.04. The average Bonchev–Trinajstić information content (AvgIpc) is 2.77. The molecule has 0 bridgehead atoms. The van der Waals surface area contributed by atoms with Gasteiger partial charge < -0.3 is 5.32 Å². The molecule has 3 aromatic carbocycles. The zero-order chi connectivity index (χ0) is 21.3. The van der Waals surface area contributed by atoms with Crippen molar-refractivity contribution in [2.24, 2.45) is 5.10 Å². The Morgan fingerprint density at radius 1 is 0.900 bits per heavy atom. The Kier molecular flexibility index (Phi) is 7.51.